The van der Waals surface area contributed by atoms with Gasteiger partial charge < -0.3 is 0 Å². The Labute approximate surface area is 69.5 Å². The van der Waals surface area contributed by atoms with Crippen molar-refractivity contribution >= 4 is 11.8 Å². The van der Waals surface area contributed by atoms with Crippen molar-refractivity contribution in [2.24, 2.45) is 0 Å². The van der Waals surface area contributed by atoms with Gasteiger partial charge in [-0.05, 0) is 12.2 Å². The number of unbranched alkanes of at least 4 members (excludes halogenated alkanes) is 1. The second kappa shape index (κ2) is 5.75. The van der Waals surface area contributed by atoms with E-state index in [-0.39, 0.29) is 5.75 Å². The van der Waals surface area contributed by atoms with Gasteiger partial charge in [0.1, 0.15) is 0 Å². The van der Waals surface area contributed by atoms with E-state index >= 15 is 0 Å². The minimum absolute atomic E-state index is 0.212. The van der Waals surface area contributed by atoms with Gasteiger partial charge in [-0.15, -0.1) is 0 Å². The van der Waals surface area contributed by atoms with Gasteiger partial charge in [0.25, 0.3) is 0 Å². The molecule has 0 aromatic carbocycles. The number of hydrogen-bond acceptors (Lipinski definition) is 1. The molecule has 0 nitrogen and oxygen atoms in total. The van der Waals surface area contributed by atoms with E-state index in [1.54, 1.807) is 0 Å². The third-order valence-electron chi connectivity index (χ3n) is 1.17. The fourth-order valence-corrected chi connectivity index (χ4v) is 1.61. The van der Waals surface area contributed by atoms with E-state index in [4.69, 9.17) is 0 Å². The van der Waals surface area contributed by atoms with Gasteiger partial charge in [-0.3, -0.25) is 0 Å². The van der Waals surface area contributed by atoms with Crippen LogP contribution in [-0.2, 0) is 0 Å². The summed E-state index contributed by atoms with van der Waals surface area (Å²) < 4.78 is 34.7. The van der Waals surface area contributed by atoms with E-state index in [9.17, 15) is 13.2 Å². The summed E-state index contributed by atoms with van der Waals surface area (Å²) in [5.41, 5.74) is 0. The molecule has 0 aromatic heterocycles. The van der Waals surface area contributed by atoms with Crippen LogP contribution in [0.25, 0.3) is 0 Å². The number of thioether (sulfide) groups is 1. The second-order valence-corrected chi connectivity index (χ2v) is 3.56. The molecule has 0 aliphatic heterocycles. The molecule has 0 spiro atoms. The van der Waals surface area contributed by atoms with Crippen LogP contribution in [0.3, 0.4) is 0 Å². The van der Waals surface area contributed by atoms with Gasteiger partial charge in [0, 0.05) is 5.75 Å². The lowest BCUT2D eigenvalue weighted by molar-refractivity contribution is -0.129. The summed E-state index contributed by atoms with van der Waals surface area (Å²) >= 11 is 1.38. The molecule has 0 saturated carbocycles. The standard InChI is InChI=1S/C7H13F3S/c1-2-3-5-11-6-4-7(8,9)10/h2-6H2,1H3. The highest BCUT2D eigenvalue weighted by Gasteiger charge is 2.25. The summed E-state index contributed by atoms with van der Waals surface area (Å²) in [6.45, 7) is 2.03. The highest BCUT2D eigenvalue weighted by molar-refractivity contribution is 7.99. The third kappa shape index (κ3) is 10.1. The van der Waals surface area contributed by atoms with Gasteiger partial charge in [0.2, 0.25) is 0 Å². The molecular weight excluding hydrogens is 173 g/mol. The summed E-state index contributed by atoms with van der Waals surface area (Å²) in [7, 11) is 0. The third-order valence-corrected chi connectivity index (χ3v) is 2.24. The molecule has 0 saturated heterocycles. The minimum Gasteiger partial charge on any atom is -0.171 e. The summed E-state index contributed by atoms with van der Waals surface area (Å²) in [5.74, 6) is 1.07. The molecule has 4 heteroatoms. The van der Waals surface area contributed by atoms with Gasteiger partial charge in [0.05, 0.1) is 6.42 Å². The maximum Gasteiger partial charge on any atom is 0.389 e. The number of hydrogen-bond donors (Lipinski definition) is 0. The molecule has 0 radical (unpaired) electrons. The lowest BCUT2D eigenvalue weighted by Crippen LogP contribution is -2.08. The average molecular weight is 186 g/mol. The molecule has 0 bridgehead atoms. The average Bonchev–Trinajstić information content (AvgIpc) is 1.85. The zero-order valence-corrected chi connectivity index (χ0v) is 7.39. The molecule has 0 heterocycles. The molecule has 0 fully saturated rings. The van der Waals surface area contributed by atoms with Crippen LogP contribution >= 0.6 is 11.8 Å². The first-order chi connectivity index (χ1) is 5.06. The number of rotatable bonds is 5. The van der Waals surface area contributed by atoms with Crippen LogP contribution in [0, 0.1) is 0 Å². The summed E-state index contributed by atoms with van der Waals surface area (Å²) in [4.78, 5) is 0. The molecule has 11 heavy (non-hydrogen) atoms. The highest BCUT2D eigenvalue weighted by Crippen LogP contribution is 2.22. The van der Waals surface area contributed by atoms with E-state index in [1.807, 2.05) is 6.92 Å². The molecule has 0 aromatic rings. The summed E-state index contributed by atoms with van der Waals surface area (Å²) in [6.07, 6.45) is -2.55. The molecule has 0 aliphatic carbocycles. The van der Waals surface area contributed by atoms with Crippen molar-refractivity contribution in [2.75, 3.05) is 11.5 Å². The molecule has 0 atom stereocenters. The Morgan fingerprint density at radius 1 is 1.18 bits per heavy atom. The predicted molar refractivity (Wildman–Crippen MR) is 42.9 cm³/mol. The maximum atomic E-state index is 11.6. The lowest BCUT2D eigenvalue weighted by atomic mass is 10.4. The highest BCUT2D eigenvalue weighted by atomic mass is 32.2. The molecule has 68 valence electrons. The second-order valence-electron chi connectivity index (χ2n) is 2.33. The van der Waals surface area contributed by atoms with Crippen LogP contribution in [-0.4, -0.2) is 17.7 Å². The van der Waals surface area contributed by atoms with Crippen LogP contribution in [0.15, 0.2) is 0 Å². The van der Waals surface area contributed by atoms with E-state index < -0.39 is 12.6 Å². The Bertz CT molecular complexity index is 90.2. The van der Waals surface area contributed by atoms with Gasteiger partial charge >= 0.3 is 6.18 Å². The van der Waals surface area contributed by atoms with E-state index in [0.29, 0.717) is 0 Å². The minimum atomic E-state index is -3.97. The molecule has 0 aliphatic rings. The zero-order chi connectivity index (χ0) is 8.74. The Morgan fingerprint density at radius 3 is 2.27 bits per heavy atom. The molecule has 0 N–H and O–H groups in total. The van der Waals surface area contributed by atoms with Gasteiger partial charge in [-0.2, -0.15) is 24.9 Å². The van der Waals surface area contributed by atoms with Crippen molar-refractivity contribution in [2.45, 2.75) is 32.4 Å². The van der Waals surface area contributed by atoms with Crippen LogP contribution in [0.5, 0.6) is 0 Å². The Balaban J connectivity index is 3.02. The van der Waals surface area contributed by atoms with E-state index in [1.165, 1.54) is 11.8 Å². The topological polar surface area (TPSA) is 0 Å². The van der Waals surface area contributed by atoms with Gasteiger partial charge in [0.15, 0.2) is 0 Å². The van der Waals surface area contributed by atoms with Crippen molar-refractivity contribution in [3.63, 3.8) is 0 Å². The van der Waals surface area contributed by atoms with Crippen LogP contribution in [0.1, 0.15) is 26.2 Å². The first-order valence-corrected chi connectivity index (χ1v) is 4.86. The van der Waals surface area contributed by atoms with Crippen molar-refractivity contribution in [1.82, 2.24) is 0 Å². The zero-order valence-electron chi connectivity index (χ0n) is 6.58. The predicted octanol–water partition coefficient (Wildman–Crippen LogP) is 3.47. The van der Waals surface area contributed by atoms with Crippen molar-refractivity contribution < 1.29 is 13.2 Å². The normalized spacial score (nSPS) is 12.0. The lowest BCUT2D eigenvalue weighted by Gasteiger charge is -2.04. The van der Waals surface area contributed by atoms with E-state index in [0.717, 1.165) is 18.6 Å². The van der Waals surface area contributed by atoms with Crippen molar-refractivity contribution in [3.05, 3.63) is 0 Å². The molecule has 0 rings (SSSR count). The fourth-order valence-electron chi connectivity index (χ4n) is 0.536. The molecule has 0 amide bonds. The van der Waals surface area contributed by atoms with Gasteiger partial charge in [-0.25, -0.2) is 0 Å². The molecule has 0 unspecified atom stereocenters. The van der Waals surface area contributed by atoms with Crippen molar-refractivity contribution in [3.8, 4) is 0 Å². The maximum absolute atomic E-state index is 11.6. The fraction of sp³-hybridized carbons (Fsp3) is 1.00. The Hall–Kier alpha value is 0.140. The van der Waals surface area contributed by atoms with Gasteiger partial charge in [-0.1, -0.05) is 13.3 Å². The first-order valence-electron chi connectivity index (χ1n) is 3.70. The summed E-state index contributed by atoms with van der Waals surface area (Å²) in [5, 5.41) is 0. The number of halogens is 3. The SMILES string of the molecule is CCCCSCCC(F)(F)F. The van der Waals surface area contributed by atoms with Crippen molar-refractivity contribution in [1.29, 1.82) is 0 Å². The first kappa shape index (κ1) is 11.1. The molecular formula is C7H13F3S. The smallest absolute Gasteiger partial charge is 0.171 e. The summed E-state index contributed by atoms with van der Waals surface area (Å²) in [6, 6.07) is 0. The quantitative estimate of drug-likeness (QED) is 0.592. The van der Waals surface area contributed by atoms with E-state index in [2.05, 4.69) is 0 Å². The Kier molecular flexibility index (Phi) is 5.82. The largest absolute Gasteiger partial charge is 0.389 e. The number of alkyl halides is 3. The monoisotopic (exact) mass is 186 g/mol. The van der Waals surface area contributed by atoms with Crippen LogP contribution in [0.4, 0.5) is 13.2 Å². The Morgan fingerprint density at radius 2 is 1.82 bits per heavy atom. The van der Waals surface area contributed by atoms with Crippen LogP contribution in [0.2, 0.25) is 0 Å². The van der Waals surface area contributed by atoms with Crippen LogP contribution < -0.4 is 0 Å².